The van der Waals surface area contributed by atoms with E-state index in [1.54, 1.807) is 12.3 Å². The normalized spacial score (nSPS) is 20.1. The minimum absolute atomic E-state index is 0.126. The van der Waals surface area contributed by atoms with E-state index in [9.17, 15) is 4.79 Å². The SMILES string of the molecule is CCc1occc1C(=O)N1CCCCC1CNC. The van der Waals surface area contributed by atoms with Gasteiger partial charge in [-0.2, -0.15) is 0 Å². The number of aryl methyl sites for hydroxylation is 1. The largest absolute Gasteiger partial charge is 0.469 e. The molecule has 1 aromatic heterocycles. The first-order valence-electron chi connectivity index (χ1n) is 6.79. The number of piperidine rings is 1. The van der Waals surface area contributed by atoms with Crippen LogP contribution >= 0.6 is 0 Å². The van der Waals surface area contributed by atoms with Crippen molar-refractivity contribution in [2.45, 2.75) is 38.6 Å². The number of likely N-dealkylation sites (N-methyl/N-ethyl adjacent to an activating group) is 1. The van der Waals surface area contributed by atoms with Gasteiger partial charge in [0.1, 0.15) is 5.76 Å². The lowest BCUT2D eigenvalue weighted by Gasteiger charge is -2.35. The van der Waals surface area contributed by atoms with Crippen LogP contribution in [0.1, 0.15) is 42.3 Å². The molecule has 0 radical (unpaired) electrons. The minimum atomic E-state index is 0.126. The predicted molar refractivity (Wildman–Crippen MR) is 70.7 cm³/mol. The zero-order valence-corrected chi connectivity index (χ0v) is 11.2. The molecule has 1 N–H and O–H groups in total. The molecule has 1 unspecified atom stereocenters. The lowest BCUT2D eigenvalue weighted by atomic mass is 10.0. The van der Waals surface area contributed by atoms with E-state index in [1.165, 1.54) is 6.42 Å². The van der Waals surface area contributed by atoms with Gasteiger partial charge in [0.05, 0.1) is 11.8 Å². The second-order valence-electron chi connectivity index (χ2n) is 4.82. The highest BCUT2D eigenvalue weighted by atomic mass is 16.3. The van der Waals surface area contributed by atoms with Gasteiger partial charge in [-0.25, -0.2) is 0 Å². The molecule has 0 aromatic carbocycles. The number of furan rings is 1. The van der Waals surface area contributed by atoms with E-state index in [0.29, 0.717) is 6.04 Å². The number of hydrogen-bond donors (Lipinski definition) is 1. The molecule has 4 nitrogen and oxygen atoms in total. The van der Waals surface area contributed by atoms with Crippen LogP contribution in [0.15, 0.2) is 16.7 Å². The second kappa shape index (κ2) is 6.05. The van der Waals surface area contributed by atoms with Gasteiger partial charge in [0.2, 0.25) is 0 Å². The second-order valence-corrected chi connectivity index (χ2v) is 4.82. The molecule has 0 saturated carbocycles. The maximum atomic E-state index is 12.6. The molecule has 1 fully saturated rings. The van der Waals surface area contributed by atoms with Crippen LogP contribution in [-0.2, 0) is 6.42 Å². The summed E-state index contributed by atoms with van der Waals surface area (Å²) in [7, 11) is 1.94. The van der Waals surface area contributed by atoms with Crippen LogP contribution in [0.2, 0.25) is 0 Å². The molecule has 0 bridgehead atoms. The van der Waals surface area contributed by atoms with E-state index in [0.717, 1.165) is 43.7 Å². The minimum Gasteiger partial charge on any atom is -0.469 e. The first-order valence-corrected chi connectivity index (χ1v) is 6.79. The molecule has 18 heavy (non-hydrogen) atoms. The molecule has 1 aliphatic rings. The van der Waals surface area contributed by atoms with Crippen LogP contribution in [0.25, 0.3) is 0 Å². The van der Waals surface area contributed by atoms with Gasteiger partial charge in [-0.1, -0.05) is 6.92 Å². The van der Waals surface area contributed by atoms with Crippen LogP contribution in [0.4, 0.5) is 0 Å². The van der Waals surface area contributed by atoms with Crippen molar-refractivity contribution in [3.8, 4) is 0 Å². The Morgan fingerprint density at radius 2 is 2.39 bits per heavy atom. The maximum absolute atomic E-state index is 12.6. The van der Waals surface area contributed by atoms with Crippen LogP contribution in [0.3, 0.4) is 0 Å². The van der Waals surface area contributed by atoms with Crippen molar-refractivity contribution in [2.75, 3.05) is 20.1 Å². The number of amides is 1. The van der Waals surface area contributed by atoms with Gasteiger partial charge < -0.3 is 14.6 Å². The molecule has 1 amide bonds. The third-order valence-electron chi connectivity index (χ3n) is 3.62. The number of nitrogens with one attached hydrogen (secondary N) is 1. The summed E-state index contributed by atoms with van der Waals surface area (Å²) in [5.41, 5.74) is 0.737. The third-order valence-corrected chi connectivity index (χ3v) is 3.62. The molecule has 2 heterocycles. The van der Waals surface area contributed by atoms with Crippen molar-refractivity contribution in [1.29, 1.82) is 0 Å². The molecule has 4 heteroatoms. The number of nitrogens with zero attached hydrogens (tertiary/aromatic N) is 1. The van der Waals surface area contributed by atoms with Crippen molar-refractivity contribution < 1.29 is 9.21 Å². The Kier molecular flexibility index (Phi) is 4.42. The molecule has 0 aliphatic carbocycles. The van der Waals surface area contributed by atoms with E-state index in [1.807, 2.05) is 18.9 Å². The lowest BCUT2D eigenvalue weighted by Crippen LogP contribution is -2.48. The van der Waals surface area contributed by atoms with Gasteiger partial charge in [0.25, 0.3) is 5.91 Å². The van der Waals surface area contributed by atoms with Gasteiger partial charge >= 0.3 is 0 Å². The summed E-state index contributed by atoms with van der Waals surface area (Å²) in [6.45, 7) is 3.74. The first kappa shape index (κ1) is 13.1. The van der Waals surface area contributed by atoms with Crippen LogP contribution < -0.4 is 5.32 Å². The van der Waals surface area contributed by atoms with Crippen molar-refractivity contribution in [1.82, 2.24) is 10.2 Å². The molecule has 1 atom stereocenters. The number of rotatable bonds is 4. The Hall–Kier alpha value is -1.29. The number of hydrogen-bond acceptors (Lipinski definition) is 3. The van der Waals surface area contributed by atoms with E-state index < -0.39 is 0 Å². The van der Waals surface area contributed by atoms with E-state index in [4.69, 9.17) is 4.42 Å². The van der Waals surface area contributed by atoms with Crippen LogP contribution in [-0.4, -0.2) is 37.0 Å². The van der Waals surface area contributed by atoms with E-state index >= 15 is 0 Å². The van der Waals surface area contributed by atoms with Gasteiger partial charge in [-0.15, -0.1) is 0 Å². The summed E-state index contributed by atoms with van der Waals surface area (Å²) in [6, 6.07) is 2.11. The van der Waals surface area contributed by atoms with Crippen LogP contribution in [0.5, 0.6) is 0 Å². The monoisotopic (exact) mass is 250 g/mol. The van der Waals surface area contributed by atoms with Gasteiger partial charge in [0.15, 0.2) is 0 Å². The molecule has 1 aliphatic heterocycles. The van der Waals surface area contributed by atoms with Crippen molar-refractivity contribution in [3.63, 3.8) is 0 Å². The highest BCUT2D eigenvalue weighted by molar-refractivity contribution is 5.95. The lowest BCUT2D eigenvalue weighted by molar-refractivity contribution is 0.0613. The summed E-state index contributed by atoms with van der Waals surface area (Å²) in [4.78, 5) is 14.6. The van der Waals surface area contributed by atoms with E-state index in [-0.39, 0.29) is 5.91 Å². The Morgan fingerprint density at radius 1 is 1.56 bits per heavy atom. The van der Waals surface area contributed by atoms with Gasteiger partial charge in [-0.3, -0.25) is 4.79 Å². The first-order chi connectivity index (χ1) is 8.77. The highest BCUT2D eigenvalue weighted by Gasteiger charge is 2.28. The van der Waals surface area contributed by atoms with Gasteiger partial charge in [-0.05, 0) is 32.4 Å². The zero-order valence-electron chi connectivity index (χ0n) is 11.2. The molecule has 0 spiro atoms. The van der Waals surface area contributed by atoms with Crippen molar-refractivity contribution in [3.05, 3.63) is 23.7 Å². The zero-order chi connectivity index (χ0) is 13.0. The Balaban J connectivity index is 2.15. The number of likely N-dealkylation sites (tertiary alicyclic amines) is 1. The quantitative estimate of drug-likeness (QED) is 0.889. The highest BCUT2D eigenvalue weighted by Crippen LogP contribution is 2.21. The molecule has 1 aromatic rings. The Labute approximate surface area is 108 Å². The summed E-state index contributed by atoms with van der Waals surface area (Å²) in [5.74, 6) is 0.925. The molecule has 1 saturated heterocycles. The topological polar surface area (TPSA) is 45.5 Å². The maximum Gasteiger partial charge on any atom is 0.257 e. The molecule has 100 valence electrons. The molecule has 2 rings (SSSR count). The summed E-state index contributed by atoms with van der Waals surface area (Å²) in [5, 5.41) is 3.18. The Morgan fingerprint density at radius 3 is 3.11 bits per heavy atom. The van der Waals surface area contributed by atoms with Crippen molar-refractivity contribution in [2.24, 2.45) is 0 Å². The van der Waals surface area contributed by atoms with Crippen LogP contribution in [0, 0.1) is 0 Å². The predicted octanol–water partition coefficient (Wildman–Crippen LogP) is 2.06. The smallest absolute Gasteiger partial charge is 0.257 e. The molecular formula is C14H22N2O2. The average Bonchev–Trinajstić information content (AvgIpc) is 2.87. The number of carbonyl (C=O) groups excluding carboxylic acids is 1. The fourth-order valence-corrected chi connectivity index (χ4v) is 2.68. The fourth-order valence-electron chi connectivity index (χ4n) is 2.68. The van der Waals surface area contributed by atoms with E-state index in [2.05, 4.69) is 5.32 Å². The fraction of sp³-hybridized carbons (Fsp3) is 0.643. The molecular weight excluding hydrogens is 228 g/mol. The van der Waals surface area contributed by atoms with Crippen molar-refractivity contribution >= 4 is 5.91 Å². The summed E-state index contributed by atoms with van der Waals surface area (Å²) >= 11 is 0. The standard InChI is InChI=1S/C14H22N2O2/c1-3-13-12(7-9-18-13)14(17)16-8-5-4-6-11(16)10-15-2/h7,9,11,15H,3-6,8,10H2,1-2H3. The number of carbonyl (C=O) groups is 1. The Bertz CT molecular complexity index is 398. The summed E-state index contributed by atoms with van der Waals surface area (Å²) in [6.07, 6.45) is 5.78. The van der Waals surface area contributed by atoms with Gasteiger partial charge in [0, 0.05) is 25.6 Å². The summed E-state index contributed by atoms with van der Waals surface area (Å²) < 4.78 is 5.36. The average molecular weight is 250 g/mol. The third kappa shape index (κ3) is 2.58.